The van der Waals surface area contributed by atoms with E-state index in [-0.39, 0.29) is 24.3 Å². The van der Waals surface area contributed by atoms with Crippen molar-refractivity contribution in [3.05, 3.63) is 152 Å². The molecule has 2 amide bonds. The summed E-state index contributed by atoms with van der Waals surface area (Å²) in [6, 6.07) is 25.9. The lowest BCUT2D eigenvalue weighted by molar-refractivity contribution is -0.545. The lowest BCUT2D eigenvalue weighted by atomic mass is 9.76. The Morgan fingerprint density at radius 1 is 0.925 bits per heavy atom. The molecule has 0 bridgehead atoms. The van der Waals surface area contributed by atoms with Crippen LogP contribution in [-0.2, 0) is 17.6 Å². The smallest absolute Gasteiger partial charge is 0.335 e. The number of carbonyl (C=O) groups is 3. The Labute approximate surface area is 315 Å². The monoisotopic (exact) mass is 782 g/mol. The van der Waals surface area contributed by atoms with Crippen molar-refractivity contribution in [1.29, 1.82) is 0 Å². The number of carbonyl (C=O) groups excluding carboxylic acids is 2. The first kappa shape index (κ1) is 38.4. The van der Waals surface area contributed by atoms with E-state index in [1.54, 1.807) is 60.7 Å². The highest BCUT2D eigenvalue weighted by Gasteiger charge is 2.54. The summed E-state index contributed by atoms with van der Waals surface area (Å²) in [6.07, 6.45) is 6.99. The number of methoxy groups -OCH3 is 1. The number of carboxylic acid groups (broad SMARTS) is 1. The maximum atomic E-state index is 13.8. The second kappa shape index (κ2) is 18.1. The molecule has 1 aliphatic rings. The fraction of sp³-hybridized carbons (Fsp3) is 0.225. The zero-order valence-electron chi connectivity index (χ0n) is 28.9. The molecule has 4 N–H and O–H groups in total. The SMILES string of the molecule is COc1cc(CC(=O)C2([N+](=O)[O-])C=CC=C[C@H]2CNCCCOc2ccc(C(=O)O)c(Cc3ccccc3)c2)ccc1NC(=O)Nc1ccccc1Br. The van der Waals surface area contributed by atoms with Gasteiger partial charge in [-0.25, -0.2) is 9.59 Å². The summed E-state index contributed by atoms with van der Waals surface area (Å²) in [4.78, 5) is 50.4. The fourth-order valence-electron chi connectivity index (χ4n) is 6.08. The van der Waals surface area contributed by atoms with Gasteiger partial charge in [0.1, 0.15) is 11.5 Å². The lowest BCUT2D eigenvalue weighted by Gasteiger charge is -2.29. The minimum absolute atomic E-state index is 0.168. The number of halogens is 1. The largest absolute Gasteiger partial charge is 0.495 e. The van der Waals surface area contributed by atoms with E-state index in [2.05, 4.69) is 31.9 Å². The molecule has 0 saturated heterocycles. The average molecular weight is 784 g/mol. The Balaban J connectivity index is 1.16. The molecular weight excluding hydrogens is 744 g/mol. The number of nitrogens with zero attached hydrogens (tertiary/aromatic N) is 1. The second-order valence-corrected chi connectivity index (χ2v) is 13.2. The standard InChI is InChI=1S/C40H39BrN4O8/c1-52-36-23-28(15-18-35(36)44-39(49)43-34-14-6-5-13-33(34)41)24-37(46)40(45(50)51)19-8-7-12-30(40)26-42-20-9-21-53-31-16-17-32(38(47)48)29(25-31)22-27-10-3-2-4-11-27/h2-8,10-19,23,25,30,42H,9,20-22,24,26H2,1H3,(H,47,48)(H2,43,44,49)/t30-,40?/m0/s1. The number of urea groups is 1. The molecule has 0 radical (unpaired) electrons. The van der Waals surface area contributed by atoms with Gasteiger partial charge in [0.2, 0.25) is 5.78 Å². The number of allylic oxidation sites excluding steroid dienone is 2. The van der Waals surface area contributed by atoms with Crippen molar-refractivity contribution in [1.82, 2.24) is 5.32 Å². The summed E-state index contributed by atoms with van der Waals surface area (Å²) < 4.78 is 12.1. The zero-order chi connectivity index (χ0) is 37.8. The zero-order valence-corrected chi connectivity index (χ0v) is 30.5. The van der Waals surface area contributed by atoms with Crippen molar-refractivity contribution in [2.45, 2.75) is 24.8 Å². The maximum absolute atomic E-state index is 13.8. The van der Waals surface area contributed by atoms with E-state index in [1.165, 1.54) is 25.3 Å². The number of aromatic carboxylic acids is 1. The maximum Gasteiger partial charge on any atom is 0.335 e. The molecule has 274 valence electrons. The molecule has 2 atom stereocenters. The number of para-hydroxylation sites is 1. The minimum Gasteiger partial charge on any atom is -0.495 e. The number of ketones is 1. The van der Waals surface area contributed by atoms with Crippen molar-refractivity contribution < 1.29 is 33.9 Å². The van der Waals surface area contributed by atoms with Gasteiger partial charge in [0, 0.05) is 28.4 Å². The summed E-state index contributed by atoms with van der Waals surface area (Å²) in [7, 11) is 1.43. The molecule has 1 unspecified atom stereocenters. The van der Waals surface area contributed by atoms with Gasteiger partial charge < -0.3 is 30.5 Å². The van der Waals surface area contributed by atoms with Crippen molar-refractivity contribution >= 4 is 45.1 Å². The molecule has 4 aromatic rings. The molecular formula is C40H39BrN4O8. The lowest BCUT2D eigenvalue weighted by Crippen LogP contribution is -2.54. The van der Waals surface area contributed by atoms with Gasteiger partial charge in [-0.3, -0.25) is 14.9 Å². The van der Waals surface area contributed by atoms with E-state index in [0.29, 0.717) is 58.7 Å². The molecule has 0 spiro atoms. The quantitative estimate of drug-likeness (QED) is 0.0487. The van der Waals surface area contributed by atoms with Crippen LogP contribution in [-0.4, -0.2) is 60.2 Å². The Bertz CT molecular complexity index is 2020. The van der Waals surface area contributed by atoms with Crippen LogP contribution >= 0.6 is 15.9 Å². The fourth-order valence-corrected chi connectivity index (χ4v) is 6.47. The Hall–Kier alpha value is -5.79. The number of ether oxygens (including phenoxy) is 2. The van der Waals surface area contributed by atoms with Gasteiger partial charge in [-0.05, 0) is 94.5 Å². The van der Waals surface area contributed by atoms with E-state index in [9.17, 15) is 29.6 Å². The predicted octanol–water partition coefficient (Wildman–Crippen LogP) is 7.32. The summed E-state index contributed by atoms with van der Waals surface area (Å²) in [5.41, 5.74) is 1.26. The highest BCUT2D eigenvalue weighted by molar-refractivity contribution is 9.10. The number of carboxylic acids is 1. The molecule has 0 heterocycles. The van der Waals surface area contributed by atoms with Gasteiger partial charge in [0.25, 0.3) is 0 Å². The van der Waals surface area contributed by atoms with Crippen molar-refractivity contribution in [2.75, 3.05) is 37.4 Å². The first-order valence-corrected chi connectivity index (χ1v) is 17.7. The van der Waals surface area contributed by atoms with E-state index >= 15 is 0 Å². The van der Waals surface area contributed by atoms with Crippen molar-refractivity contribution in [3.8, 4) is 11.5 Å². The summed E-state index contributed by atoms with van der Waals surface area (Å²) in [5.74, 6) is -1.53. The molecule has 1 aliphatic carbocycles. The minimum atomic E-state index is -1.99. The van der Waals surface area contributed by atoms with Crippen LogP contribution in [0.2, 0.25) is 0 Å². The molecule has 53 heavy (non-hydrogen) atoms. The number of nitrogens with one attached hydrogen (secondary N) is 3. The molecule has 4 aromatic carbocycles. The van der Waals surface area contributed by atoms with E-state index < -0.39 is 34.2 Å². The van der Waals surface area contributed by atoms with Gasteiger partial charge in [-0.2, -0.15) is 0 Å². The van der Waals surface area contributed by atoms with E-state index in [1.807, 2.05) is 36.4 Å². The topological polar surface area (TPSA) is 169 Å². The molecule has 0 fully saturated rings. The predicted molar refractivity (Wildman–Crippen MR) is 206 cm³/mol. The number of amides is 2. The van der Waals surface area contributed by atoms with Crippen LogP contribution in [0.25, 0.3) is 0 Å². The van der Waals surface area contributed by atoms with Gasteiger partial charge in [0.15, 0.2) is 0 Å². The van der Waals surface area contributed by atoms with Crippen LogP contribution in [0.5, 0.6) is 11.5 Å². The number of anilines is 2. The van der Waals surface area contributed by atoms with Gasteiger partial charge >= 0.3 is 17.5 Å². The van der Waals surface area contributed by atoms with Gasteiger partial charge in [-0.1, -0.05) is 66.8 Å². The third kappa shape index (κ3) is 9.76. The molecule has 12 nitrogen and oxygen atoms in total. The van der Waals surface area contributed by atoms with Crippen LogP contribution in [0.3, 0.4) is 0 Å². The summed E-state index contributed by atoms with van der Waals surface area (Å²) >= 11 is 3.39. The highest BCUT2D eigenvalue weighted by Crippen LogP contribution is 2.32. The van der Waals surface area contributed by atoms with Crippen LogP contribution in [0, 0.1) is 16.0 Å². The number of hydrogen-bond donors (Lipinski definition) is 4. The summed E-state index contributed by atoms with van der Waals surface area (Å²) in [5, 5.41) is 31.0. The Kier molecular flexibility index (Phi) is 13.1. The number of nitro groups is 1. The van der Waals surface area contributed by atoms with Crippen LogP contribution < -0.4 is 25.4 Å². The number of hydrogen-bond acceptors (Lipinski definition) is 8. The van der Waals surface area contributed by atoms with Crippen molar-refractivity contribution in [2.24, 2.45) is 5.92 Å². The van der Waals surface area contributed by atoms with E-state index in [4.69, 9.17) is 9.47 Å². The van der Waals surface area contributed by atoms with Gasteiger partial charge in [0.05, 0.1) is 36.6 Å². The molecule has 0 saturated carbocycles. The van der Waals surface area contributed by atoms with Gasteiger partial charge in [-0.15, -0.1) is 0 Å². The number of Topliss-reactive ketones (excluding diaryl/α,β-unsaturated/α-hetero) is 1. The molecule has 0 aliphatic heterocycles. The van der Waals surface area contributed by atoms with Crippen molar-refractivity contribution in [3.63, 3.8) is 0 Å². The van der Waals surface area contributed by atoms with Crippen LogP contribution in [0.15, 0.2) is 120 Å². The average Bonchev–Trinajstić information content (AvgIpc) is 3.15. The third-order valence-corrected chi connectivity index (χ3v) is 9.49. The number of rotatable bonds is 17. The van der Waals surface area contributed by atoms with Crippen LogP contribution in [0.4, 0.5) is 16.2 Å². The van der Waals surface area contributed by atoms with E-state index in [0.717, 1.165) is 5.56 Å². The first-order valence-electron chi connectivity index (χ1n) is 16.9. The summed E-state index contributed by atoms with van der Waals surface area (Å²) in [6.45, 7) is 0.948. The third-order valence-electron chi connectivity index (χ3n) is 8.80. The molecule has 5 rings (SSSR count). The molecule has 13 heteroatoms. The Morgan fingerprint density at radius 2 is 1.68 bits per heavy atom. The normalized spacial score (nSPS) is 16.1. The molecule has 0 aromatic heterocycles. The van der Waals surface area contributed by atoms with Crippen LogP contribution in [0.1, 0.15) is 33.5 Å². The first-order chi connectivity index (χ1) is 25.6. The number of benzene rings is 4. The second-order valence-electron chi connectivity index (χ2n) is 12.3. The highest BCUT2D eigenvalue weighted by atomic mass is 79.9. The Morgan fingerprint density at radius 3 is 2.42 bits per heavy atom.